The molecule has 0 bridgehead atoms. The third kappa shape index (κ3) is 3.38. The number of aromatic nitrogens is 1. The van der Waals surface area contributed by atoms with Gasteiger partial charge in [-0.05, 0) is 42.3 Å². The van der Waals surface area contributed by atoms with Gasteiger partial charge in [-0.2, -0.15) is 13.2 Å². The molecule has 0 spiro atoms. The molecule has 0 amide bonds. The maximum absolute atomic E-state index is 13.2. The molecule has 3 nitrogen and oxygen atoms in total. The zero-order chi connectivity index (χ0) is 17.2. The molecule has 0 saturated carbocycles. The number of alkyl halides is 3. The van der Waals surface area contributed by atoms with Gasteiger partial charge in [-0.25, -0.2) is 0 Å². The van der Waals surface area contributed by atoms with Gasteiger partial charge in [-0.3, -0.25) is 0 Å². The molecule has 1 heterocycles. The number of aromatic amines is 1. The lowest BCUT2D eigenvalue weighted by atomic mass is 10.1. The van der Waals surface area contributed by atoms with Crippen LogP contribution in [-0.2, 0) is 19.2 Å². The third-order valence-electron chi connectivity index (χ3n) is 3.80. The quantitative estimate of drug-likeness (QED) is 0.732. The van der Waals surface area contributed by atoms with Gasteiger partial charge < -0.3 is 15.5 Å². The van der Waals surface area contributed by atoms with Gasteiger partial charge in [-0.15, -0.1) is 0 Å². The van der Waals surface area contributed by atoms with E-state index in [2.05, 4.69) is 4.98 Å². The molecule has 0 unspecified atom stereocenters. The molecular formula is C18H17F3N2O. The van der Waals surface area contributed by atoms with E-state index in [1.165, 1.54) is 0 Å². The summed E-state index contributed by atoms with van der Waals surface area (Å²) in [5.74, 6) is 0.525. The maximum atomic E-state index is 13.2. The second kappa shape index (κ2) is 6.57. The van der Waals surface area contributed by atoms with Gasteiger partial charge >= 0.3 is 6.18 Å². The van der Waals surface area contributed by atoms with Crippen LogP contribution in [0.1, 0.15) is 16.8 Å². The summed E-state index contributed by atoms with van der Waals surface area (Å²) in [5.41, 5.74) is 6.35. The number of rotatable bonds is 5. The van der Waals surface area contributed by atoms with E-state index < -0.39 is 11.9 Å². The Morgan fingerprint density at radius 3 is 2.46 bits per heavy atom. The number of halogens is 3. The van der Waals surface area contributed by atoms with Crippen molar-refractivity contribution in [2.45, 2.75) is 19.2 Å². The predicted molar refractivity (Wildman–Crippen MR) is 86.8 cm³/mol. The second-order valence-electron chi connectivity index (χ2n) is 5.50. The highest BCUT2D eigenvalue weighted by Gasteiger charge is 2.36. The Hall–Kier alpha value is -2.47. The van der Waals surface area contributed by atoms with Crippen molar-refractivity contribution in [1.82, 2.24) is 4.98 Å². The third-order valence-corrected chi connectivity index (χ3v) is 3.80. The monoisotopic (exact) mass is 334 g/mol. The van der Waals surface area contributed by atoms with Gasteiger partial charge in [0.25, 0.3) is 0 Å². The second-order valence-corrected chi connectivity index (χ2v) is 5.50. The summed E-state index contributed by atoms with van der Waals surface area (Å²) in [6.45, 7) is 0.500. The highest BCUT2D eigenvalue weighted by molar-refractivity contribution is 5.86. The summed E-state index contributed by atoms with van der Waals surface area (Å²) in [5, 5.41) is 0.498. The van der Waals surface area contributed by atoms with Gasteiger partial charge in [0.2, 0.25) is 0 Å². The topological polar surface area (TPSA) is 51.0 Å². The zero-order valence-electron chi connectivity index (χ0n) is 12.9. The van der Waals surface area contributed by atoms with Crippen LogP contribution in [-0.4, -0.2) is 11.5 Å². The largest absolute Gasteiger partial charge is 0.489 e. The van der Waals surface area contributed by atoms with E-state index in [0.717, 1.165) is 5.56 Å². The molecular weight excluding hydrogens is 317 g/mol. The summed E-state index contributed by atoms with van der Waals surface area (Å²) in [7, 11) is 0. The molecule has 3 N–H and O–H groups in total. The highest BCUT2D eigenvalue weighted by atomic mass is 19.4. The van der Waals surface area contributed by atoms with E-state index in [1.807, 2.05) is 30.3 Å². The number of fused-ring (bicyclic) bond motifs is 1. The first-order valence-electron chi connectivity index (χ1n) is 7.57. The summed E-state index contributed by atoms with van der Waals surface area (Å²) >= 11 is 0. The molecule has 2 aromatic carbocycles. The smallest absolute Gasteiger partial charge is 0.431 e. The average Bonchev–Trinajstić information content (AvgIpc) is 2.93. The Labute approximate surface area is 137 Å². The molecule has 0 saturated heterocycles. The number of H-pyrrole nitrogens is 1. The minimum absolute atomic E-state index is 0.144. The summed E-state index contributed by atoms with van der Waals surface area (Å²) in [4.78, 5) is 2.45. The van der Waals surface area contributed by atoms with E-state index in [4.69, 9.17) is 10.5 Å². The van der Waals surface area contributed by atoms with Crippen LogP contribution in [0.5, 0.6) is 5.75 Å². The van der Waals surface area contributed by atoms with Crippen molar-refractivity contribution in [3.8, 4) is 5.75 Å². The van der Waals surface area contributed by atoms with Crippen molar-refractivity contribution in [3.05, 3.63) is 65.4 Å². The highest BCUT2D eigenvalue weighted by Crippen LogP contribution is 2.36. The Kier molecular flexibility index (Phi) is 4.49. The van der Waals surface area contributed by atoms with E-state index in [-0.39, 0.29) is 18.5 Å². The Morgan fingerprint density at radius 1 is 1.04 bits per heavy atom. The van der Waals surface area contributed by atoms with Gasteiger partial charge in [0, 0.05) is 10.9 Å². The van der Waals surface area contributed by atoms with Gasteiger partial charge in [0.15, 0.2) is 0 Å². The fourth-order valence-corrected chi connectivity index (χ4v) is 2.70. The van der Waals surface area contributed by atoms with E-state index in [9.17, 15) is 13.2 Å². The van der Waals surface area contributed by atoms with E-state index in [1.54, 1.807) is 18.2 Å². The molecule has 0 aliphatic rings. The lowest BCUT2D eigenvalue weighted by molar-refractivity contribution is -0.141. The number of nitrogens with one attached hydrogen (secondary N) is 1. The number of benzene rings is 2. The number of ether oxygens (including phenoxy) is 1. The zero-order valence-corrected chi connectivity index (χ0v) is 12.9. The number of hydrogen-bond donors (Lipinski definition) is 2. The molecule has 0 aliphatic carbocycles. The van der Waals surface area contributed by atoms with Crippen molar-refractivity contribution in [3.63, 3.8) is 0 Å². The Morgan fingerprint density at radius 2 is 1.79 bits per heavy atom. The van der Waals surface area contributed by atoms with Crippen LogP contribution in [0.25, 0.3) is 10.9 Å². The summed E-state index contributed by atoms with van der Waals surface area (Å²) in [6, 6.07) is 14.5. The number of nitrogens with two attached hydrogens (primary N) is 1. The van der Waals surface area contributed by atoms with Gasteiger partial charge in [0.05, 0.1) is 0 Å². The van der Waals surface area contributed by atoms with Crippen LogP contribution in [0, 0.1) is 0 Å². The first-order valence-corrected chi connectivity index (χ1v) is 7.57. The Bertz CT molecular complexity index is 825. The minimum Gasteiger partial charge on any atom is -0.489 e. The Balaban J connectivity index is 1.93. The van der Waals surface area contributed by atoms with Crippen LogP contribution >= 0.6 is 0 Å². The normalized spacial score (nSPS) is 11.8. The number of hydrogen-bond acceptors (Lipinski definition) is 2. The van der Waals surface area contributed by atoms with Crippen molar-refractivity contribution in [2.75, 3.05) is 6.54 Å². The fourth-order valence-electron chi connectivity index (χ4n) is 2.70. The van der Waals surface area contributed by atoms with Crippen molar-refractivity contribution in [2.24, 2.45) is 5.73 Å². The summed E-state index contributed by atoms with van der Waals surface area (Å²) < 4.78 is 45.2. The minimum atomic E-state index is -4.44. The molecule has 24 heavy (non-hydrogen) atoms. The first-order chi connectivity index (χ1) is 11.5. The average molecular weight is 334 g/mol. The molecule has 126 valence electrons. The van der Waals surface area contributed by atoms with Crippen LogP contribution in [0.4, 0.5) is 13.2 Å². The van der Waals surface area contributed by atoms with E-state index >= 15 is 0 Å². The lowest BCUT2D eigenvalue weighted by Crippen LogP contribution is -2.11. The predicted octanol–water partition coefficient (Wildman–Crippen LogP) is 4.27. The molecule has 0 fully saturated rings. The lowest BCUT2D eigenvalue weighted by Gasteiger charge is -2.08. The molecule has 1 aromatic heterocycles. The first kappa shape index (κ1) is 16.4. The summed E-state index contributed by atoms with van der Waals surface area (Å²) in [6.07, 6.45) is -4.29. The standard InChI is InChI=1S/C18H17F3N2O/c19-18(20,21)17-14(8-9-22)15-10-13(6-7-16(15)23-17)24-11-12-4-2-1-3-5-12/h1-7,10,23H,8-9,11,22H2. The van der Waals surface area contributed by atoms with Crippen LogP contribution in [0.15, 0.2) is 48.5 Å². The van der Waals surface area contributed by atoms with Crippen molar-refractivity contribution < 1.29 is 17.9 Å². The maximum Gasteiger partial charge on any atom is 0.431 e. The molecule has 0 atom stereocenters. The molecule has 6 heteroatoms. The van der Waals surface area contributed by atoms with Gasteiger partial charge in [-0.1, -0.05) is 30.3 Å². The van der Waals surface area contributed by atoms with E-state index in [0.29, 0.717) is 23.3 Å². The molecule has 3 aromatic rings. The van der Waals surface area contributed by atoms with Gasteiger partial charge in [0.1, 0.15) is 18.1 Å². The fraction of sp³-hybridized carbons (Fsp3) is 0.222. The van der Waals surface area contributed by atoms with Crippen LogP contribution in [0.3, 0.4) is 0 Å². The molecule has 0 aliphatic heterocycles. The molecule has 0 radical (unpaired) electrons. The van der Waals surface area contributed by atoms with Crippen LogP contribution in [0.2, 0.25) is 0 Å². The molecule has 3 rings (SSSR count). The van der Waals surface area contributed by atoms with Crippen molar-refractivity contribution >= 4 is 10.9 Å². The SMILES string of the molecule is NCCc1c(C(F)(F)F)[nH]c2ccc(OCc3ccccc3)cc12. The van der Waals surface area contributed by atoms with Crippen molar-refractivity contribution in [1.29, 1.82) is 0 Å². The van der Waals surface area contributed by atoms with Crippen LogP contribution < -0.4 is 10.5 Å².